The van der Waals surface area contributed by atoms with Crippen LogP contribution < -0.4 is 5.73 Å². The third-order valence-corrected chi connectivity index (χ3v) is 3.25. The summed E-state index contributed by atoms with van der Waals surface area (Å²) in [4.78, 5) is 4.47. The van der Waals surface area contributed by atoms with Gasteiger partial charge in [-0.25, -0.2) is 9.37 Å². The Kier molecular flexibility index (Phi) is 3.31. The number of nitrogen functional groups attached to an aromatic ring is 1. The van der Waals surface area contributed by atoms with E-state index in [0.29, 0.717) is 22.1 Å². The predicted octanol–water partition coefficient (Wildman–Crippen LogP) is 3.99. The van der Waals surface area contributed by atoms with Gasteiger partial charge in [0.2, 0.25) is 0 Å². The number of hydrogen-bond acceptors (Lipinski definition) is 2. The van der Waals surface area contributed by atoms with Crippen molar-refractivity contribution in [3.8, 4) is 11.3 Å². The van der Waals surface area contributed by atoms with Crippen LogP contribution in [0.4, 0.5) is 10.2 Å². The molecule has 0 bridgehead atoms. The van der Waals surface area contributed by atoms with Crippen molar-refractivity contribution in [3.05, 3.63) is 34.9 Å². The molecule has 0 unspecified atom stereocenters. The van der Waals surface area contributed by atoms with E-state index in [1.807, 2.05) is 32.3 Å². The number of aryl methyl sites for hydroxylation is 1. The van der Waals surface area contributed by atoms with Crippen LogP contribution in [0, 0.1) is 12.7 Å². The number of nitrogens with two attached hydrogens (primary N) is 1. The minimum atomic E-state index is -0.376. The fourth-order valence-corrected chi connectivity index (χ4v) is 2.53. The average Bonchev–Trinajstić information content (AvgIpc) is 2.53. The highest BCUT2D eigenvalue weighted by atomic mass is 35.5. The number of hydrogen-bond donors (Lipinski definition) is 1. The van der Waals surface area contributed by atoms with Crippen molar-refractivity contribution in [1.82, 2.24) is 9.55 Å². The molecule has 0 saturated carbocycles. The average molecular weight is 282 g/mol. The van der Waals surface area contributed by atoms with Crippen LogP contribution in [0.25, 0.3) is 11.3 Å². The van der Waals surface area contributed by atoms with Crippen LogP contribution in [0.1, 0.15) is 26.6 Å². The molecule has 0 aliphatic rings. The molecule has 0 saturated heterocycles. The van der Waals surface area contributed by atoms with Crippen molar-refractivity contribution < 1.29 is 4.39 Å². The maximum atomic E-state index is 13.1. The fraction of sp³-hybridized carbons (Fsp3) is 0.357. The molecule has 1 aromatic carbocycles. The molecule has 0 amide bonds. The highest BCUT2D eigenvalue weighted by Crippen LogP contribution is 2.35. The van der Waals surface area contributed by atoms with Crippen LogP contribution in [-0.2, 0) is 5.54 Å². The number of halogens is 2. The molecule has 1 aromatic heterocycles. The molecule has 2 N–H and O–H groups in total. The Morgan fingerprint density at radius 1 is 1.32 bits per heavy atom. The second kappa shape index (κ2) is 4.53. The summed E-state index contributed by atoms with van der Waals surface area (Å²) < 4.78 is 15.0. The zero-order valence-electron chi connectivity index (χ0n) is 11.5. The van der Waals surface area contributed by atoms with E-state index in [4.69, 9.17) is 17.3 Å². The lowest BCUT2D eigenvalue weighted by Crippen LogP contribution is -2.24. The van der Waals surface area contributed by atoms with Crippen LogP contribution in [0.3, 0.4) is 0 Å². The van der Waals surface area contributed by atoms with Gasteiger partial charge in [-0.1, -0.05) is 11.6 Å². The summed E-state index contributed by atoms with van der Waals surface area (Å²) in [7, 11) is 0. The first-order chi connectivity index (χ1) is 8.71. The highest BCUT2D eigenvalue weighted by Gasteiger charge is 2.23. The van der Waals surface area contributed by atoms with Crippen molar-refractivity contribution in [1.29, 1.82) is 0 Å². The Balaban J connectivity index is 2.65. The molecule has 5 heteroatoms. The summed E-state index contributed by atoms with van der Waals surface area (Å²) in [5.41, 5.74) is 7.24. The second-order valence-corrected chi connectivity index (χ2v) is 5.93. The van der Waals surface area contributed by atoms with E-state index in [0.717, 1.165) is 5.82 Å². The Hall–Kier alpha value is -1.55. The molecular weight excluding hydrogens is 265 g/mol. The van der Waals surface area contributed by atoms with E-state index in [1.54, 1.807) is 6.07 Å². The molecule has 0 atom stereocenters. The molecule has 2 rings (SSSR count). The Morgan fingerprint density at radius 2 is 1.95 bits per heavy atom. The maximum absolute atomic E-state index is 13.1. The van der Waals surface area contributed by atoms with Crippen molar-refractivity contribution in [2.45, 2.75) is 33.2 Å². The van der Waals surface area contributed by atoms with Gasteiger partial charge in [0.05, 0.1) is 5.02 Å². The lowest BCUT2D eigenvalue weighted by molar-refractivity contribution is 0.393. The Labute approximate surface area is 117 Å². The van der Waals surface area contributed by atoms with Gasteiger partial charge in [-0.15, -0.1) is 0 Å². The number of imidazole rings is 1. The van der Waals surface area contributed by atoms with Gasteiger partial charge in [-0.2, -0.15) is 0 Å². The van der Waals surface area contributed by atoms with E-state index in [1.165, 1.54) is 12.1 Å². The quantitative estimate of drug-likeness (QED) is 0.859. The molecule has 19 heavy (non-hydrogen) atoms. The van der Waals surface area contributed by atoms with Gasteiger partial charge in [0, 0.05) is 11.1 Å². The molecule has 0 spiro atoms. The van der Waals surface area contributed by atoms with Crippen LogP contribution in [0.2, 0.25) is 5.02 Å². The van der Waals surface area contributed by atoms with E-state index in [2.05, 4.69) is 4.98 Å². The third-order valence-electron chi connectivity index (χ3n) is 2.94. The van der Waals surface area contributed by atoms with Gasteiger partial charge in [0.25, 0.3) is 0 Å². The van der Waals surface area contributed by atoms with Gasteiger partial charge < -0.3 is 10.3 Å². The third kappa shape index (κ3) is 2.45. The summed E-state index contributed by atoms with van der Waals surface area (Å²) in [5, 5.41) is 0.310. The van der Waals surface area contributed by atoms with Crippen molar-refractivity contribution in [2.75, 3.05) is 5.73 Å². The first-order valence-electron chi connectivity index (χ1n) is 6.02. The molecule has 0 radical (unpaired) electrons. The van der Waals surface area contributed by atoms with E-state index in [-0.39, 0.29) is 11.4 Å². The second-order valence-electron chi connectivity index (χ2n) is 5.52. The standard InChI is InChI=1S/C14H17ClFN3/c1-8-18-12(13(17)19(8)14(2,3)4)10-6-5-9(16)7-11(10)15/h5-7H,17H2,1-4H3. The minimum Gasteiger partial charge on any atom is -0.383 e. The summed E-state index contributed by atoms with van der Waals surface area (Å²) in [6.45, 7) is 8.04. The SMILES string of the molecule is Cc1nc(-c2ccc(F)cc2Cl)c(N)n1C(C)(C)C. The van der Waals surface area contributed by atoms with Crippen molar-refractivity contribution in [3.63, 3.8) is 0 Å². The Bertz CT molecular complexity index is 626. The zero-order chi connectivity index (χ0) is 14.4. The molecule has 102 valence electrons. The van der Waals surface area contributed by atoms with E-state index in [9.17, 15) is 4.39 Å². The topological polar surface area (TPSA) is 43.8 Å². The molecule has 3 nitrogen and oxygen atoms in total. The van der Waals surface area contributed by atoms with Gasteiger partial charge >= 0.3 is 0 Å². The molecule has 0 fully saturated rings. The van der Waals surface area contributed by atoms with Gasteiger partial charge in [-0.05, 0) is 45.9 Å². The van der Waals surface area contributed by atoms with Crippen molar-refractivity contribution >= 4 is 17.4 Å². The van der Waals surface area contributed by atoms with Gasteiger partial charge in [-0.3, -0.25) is 0 Å². The first-order valence-corrected chi connectivity index (χ1v) is 6.40. The van der Waals surface area contributed by atoms with Crippen LogP contribution in [0.15, 0.2) is 18.2 Å². The predicted molar refractivity (Wildman–Crippen MR) is 76.8 cm³/mol. The number of aromatic nitrogens is 2. The van der Waals surface area contributed by atoms with Gasteiger partial charge in [0.15, 0.2) is 0 Å². The lowest BCUT2D eigenvalue weighted by Gasteiger charge is -2.24. The molecule has 0 aliphatic heterocycles. The monoisotopic (exact) mass is 281 g/mol. The molecule has 1 heterocycles. The lowest BCUT2D eigenvalue weighted by atomic mass is 10.1. The Morgan fingerprint density at radius 3 is 2.42 bits per heavy atom. The molecular formula is C14H17ClFN3. The summed E-state index contributed by atoms with van der Waals surface area (Å²) in [6.07, 6.45) is 0. The molecule has 0 aliphatic carbocycles. The van der Waals surface area contributed by atoms with Crippen LogP contribution in [0.5, 0.6) is 0 Å². The number of anilines is 1. The summed E-state index contributed by atoms with van der Waals surface area (Å²) in [5.74, 6) is 0.971. The number of benzene rings is 1. The molecule has 2 aromatic rings. The van der Waals surface area contributed by atoms with Crippen LogP contribution >= 0.6 is 11.6 Å². The van der Waals surface area contributed by atoms with Gasteiger partial charge in [0.1, 0.15) is 23.2 Å². The highest BCUT2D eigenvalue weighted by molar-refractivity contribution is 6.33. The summed E-state index contributed by atoms with van der Waals surface area (Å²) >= 11 is 6.07. The van der Waals surface area contributed by atoms with Crippen molar-refractivity contribution in [2.24, 2.45) is 0 Å². The van der Waals surface area contributed by atoms with E-state index < -0.39 is 0 Å². The number of nitrogens with zero attached hydrogens (tertiary/aromatic N) is 2. The largest absolute Gasteiger partial charge is 0.383 e. The maximum Gasteiger partial charge on any atom is 0.132 e. The summed E-state index contributed by atoms with van der Waals surface area (Å²) in [6, 6.07) is 4.22. The first kappa shape index (κ1) is 13.9. The fourth-order valence-electron chi connectivity index (χ4n) is 2.28. The minimum absolute atomic E-state index is 0.175. The normalized spacial score (nSPS) is 11.9. The van der Waals surface area contributed by atoms with Crippen LogP contribution in [-0.4, -0.2) is 9.55 Å². The zero-order valence-corrected chi connectivity index (χ0v) is 12.2. The number of rotatable bonds is 1. The smallest absolute Gasteiger partial charge is 0.132 e. The van der Waals surface area contributed by atoms with E-state index >= 15 is 0 Å².